The highest BCUT2D eigenvalue weighted by Gasteiger charge is 2.40. The van der Waals surface area contributed by atoms with Crippen LogP contribution in [0.4, 0.5) is 0 Å². The van der Waals surface area contributed by atoms with E-state index in [0.717, 1.165) is 34.3 Å². The number of rotatable bonds is 5. The molecule has 33 heavy (non-hydrogen) atoms. The van der Waals surface area contributed by atoms with Crippen LogP contribution >= 0.6 is 27.7 Å². The number of nitrogens with zero attached hydrogens (tertiary/aromatic N) is 1. The largest absolute Gasteiger partial charge is 0.496 e. The molecule has 1 fully saturated rings. The van der Waals surface area contributed by atoms with Gasteiger partial charge in [-0.05, 0) is 58.0 Å². The molecule has 7 heteroatoms. The quantitative estimate of drug-likeness (QED) is 0.432. The van der Waals surface area contributed by atoms with Gasteiger partial charge in [-0.3, -0.25) is 4.79 Å². The van der Waals surface area contributed by atoms with Crippen LogP contribution in [0.1, 0.15) is 38.7 Å². The fourth-order valence-corrected chi connectivity index (χ4v) is 6.40. The minimum atomic E-state index is -0.140. The molecule has 1 N–H and O–H groups in total. The van der Waals surface area contributed by atoms with Crippen molar-refractivity contribution in [2.24, 2.45) is 11.8 Å². The lowest BCUT2D eigenvalue weighted by atomic mass is 9.78. The van der Waals surface area contributed by atoms with Gasteiger partial charge in [0.15, 0.2) is 0 Å². The molecule has 2 amide bonds. The maximum atomic E-state index is 13.5. The minimum Gasteiger partial charge on any atom is -0.496 e. The highest BCUT2D eigenvalue weighted by Crippen LogP contribution is 2.34. The summed E-state index contributed by atoms with van der Waals surface area (Å²) in [5.41, 5.74) is 1.76. The number of hydrogen-bond acceptors (Lipinski definition) is 4. The molecule has 0 aromatic heterocycles. The molecule has 0 radical (unpaired) electrons. The second-order valence-electron chi connectivity index (χ2n) is 8.94. The summed E-state index contributed by atoms with van der Waals surface area (Å²) in [7, 11) is 1.62. The number of methoxy groups -OCH3 is 1. The van der Waals surface area contributed by atoms with Crippen LogP contribution in [-0.4, -0.2) is 47.0 Å². The maximum absolute atomic E-state index is 13.5. The highest BCUT2D eigenvalue weighted by atomic mass is 79.9. The van der Waals surface area contributed by atoms with Gasteiger partial charge in [-0.25, -0.2) is 4.79 Å². The van der Waals surface area contributed by atoms with Crippen LogP contribution in [0.15, 0.2) is 51.9 Å². The summed E-state index contributed by atoms with van der Waals surface area (Å²) in [5.74, 6) is 1.54. The normalized spacial score (nSPS) is 28.1. The first-order chi connectivity index (χ1) is 15.9. The molecule has 1 aliphatic heterocycles. The maximum Gasteiger partial charge on any atom is 0.426 e. The number of hydrogen-bond donors (Lipinski definition) is 1. The molecule has 0 spiro atoms. The van der Waals surface area contributed by atoms with Gasteiger partial charge in [0.25, 0.3) is 5.91 Å². The number of halogens is 1. The molecular weight excluding hydrogens is 500 g/mol. The number of carbonyl (C=O) groups excluding carboxylic acids is 2. The Morgan fingerprint density at radius 1 is 1.30 bits per heavy atom. The van der Waals surface area contributed by atoms with Crippen LogP contribution in [0.25, 0.3) is 6.08 Å². The Kier molecular flexibility index (Phi) is 7.59. The SMILES string of the molecule is COc1ccc(/C=C2/SC3C=CC=CC3=[N+](CC(=O)NC3CCCC(C)C3C)C2=O)cc1Br. The first-order valence-corrected chi connectivity index (χ1v) is 13.1. The van der Waals surface area contributed by atoms with Gasteiger partial charge in [-0.1, -0.05) is 62.7 Å². The lowest BCUT2D eigenvalue weighted by molar-refractivity contribution is -0.434. The van der Waals surface area contributed by atoms with Crippen LogP contribution in [0, 0.1) is 11.8 Å². The van der Waals surface area contributed by atoms with Crippen molar-refractivity contribution in [3.8, 4) is 5.75 Å². The van der Waals surface area contributed by atoms with Crippen molar-refractivity contribution in [1.29, 1.82) is 0 Å². The molecule has 2 aliphatic carbocycles. The fraction of sp³-hybridized carbons (Fsp3) is 0.423. The summed E-state index contributed by atoms with van der Waals surface area (Å²) >= 11 is 5.03. The monoisotopic (exact) mass is 529 g/mol. The second-order valence-corrected chi connectivity index (χ2v) is 11.0. The minimum absolute atomic E-state index is 0.00191. The van der Waals surface area contributed by atoms with E-state index in [0.29, 0.717) is 16.7 Å². The van der Waals surface area contributed by atoms with Crippen molar-refractivity contribution in [2.45, 2.75) is 44.4 Å². The van der Waals surface area contributed by atoms with Crippen LogP contribution in [-0.2, 0) is 9.59 Å². The molecule has 0 saturated heterocycles. The van der Waals surface area contributed by atoms with Crippen molar-refractivity contribution in [1.82, 2.24) is 5.32 Å². The van der Waals surface area contributed by atoms with Gasteiger partial charge < -0.3 is 10.1 Å². The zero-order valence-electron chi connectivity index (χ0n) is 19.2. The third kappa shape index (κ3) is 5.35. The van der Waals surface area contributed by atoms with Gasteiger partial charge in [0.2, 0.25) is 12.3 Å². The molecule has 1 aromatic rings. The third-order valence-electron chi connectivity index (χ3n) is 6.81. The second kappa shape index (κ2) is 10.4. The average molecular weight is 531 g/mol. The van der Waals surface area contributed by atoms with Crippen LogP contribution < -0.4 is 10.1 Å². The Labute approximate surface area is 208 Å². The molecule has 1 saturated carbocycles. The third-order valence-corrected chi connectivity index (χ3v) is 8.62. The topological polar surface area (TPSA) is 58.4 Å². The summed E-state index contributed by atoms with van der Waals surface area (Å²) < 4.78 is 7.77. The molecular formula is C26H30BrN2O3S+. The van der Waals surface area contributed by atoms with E-state index in [1.165, 1.54) is 18.2 Å². The van der Waals surface area contributed by atoms with E-state index in [-0.39, 0.29) is 29.7 Å². The van der Waals surface area contributed by atoms with Crippen LogP contribution in [0.3, 0.4) is 0 Å². The molecule has 0 bridgehead atoms. The van der Waals surface area contributed by atoms with Crippen molar-refractivity contribution in [2.75, 3.05) is 13.7 Å². The highest BCUT2D eigenvalue weighted by molar-refractivity contribution is 9.10. The number of ether oxygens (including phenoxy) is 1. The van der Waals surface area contributed by atoms with E-state index in [9.17, 15) is 9.59 Å². The van der Waals surface area contributed by atoms with Gasteiger partial charge in [0, 0.05) is 12.1 Å². The van der Waals surface area contributed by atoms with Crippen molar-refractivity contribution >= 4 is 51.3 Å². The Balaban J connectivity index is 1.58. The lowest BCUT2D eigenvalue weighted by Gasteiger charge is -2.34. The molecule has 4 rings (SSSR count). The molecule has 5 nitrogen and oxygen atoms in total. The molecule has 1 heterocycles. The number of fused-ring (bicyclic) bond motifs is 1. The smallest absolute Gasteiger partial charge is 0.426 e. The predicted molar refractivity (Wildman–Crippen MR) is 138 cm³/mol. The first kappa shape index (κ1) is 24.0. The zero-order valence-corrected chi connectivity index (χ0v) is 21.6. The number of allylic oxidation sites excluding steroid dienone is 3. The summed E-state index contributed by atoms with van der Waals surface area (Å²) in [6.07, 6.45) is 13.1. The van der Waals surface area contributed by atoms with Crippen molar-refractivity contribution in [3.05, 3.63) is 57.4 Å². The van der Waals surface area contributed by atoms with E-state index in [4.69, 9.17) is 4.74 Å². The van der Waals surface area contributed by atoms with Crippen LogP contribution in [0.2, 0.25) is 0 Å². The average Bonchev–Trinajstić information content (AvgIpc) is 2.80. The summed E-state index contributed by atoms with van der Waals surface area (Å²) in [4.78, 5) is 27.1. The Morgan fingerprint density at radius 3 is 2.88 bits per heavy atom. The number of nitrogens with one attached hydrogen (secondary N) is 1. The summed E-state index contributed by atoms with van der Waals surface area (Å²) in [6, 6.07) is 5.89. The van der Waals surface area contributed by atoms with Gasteiger partial charge >= 0.3 is 5.91 Å². The van der Waals surface area contributed by atoms with Crippen molar-refractivity contribution in [3.63, 3.8) is 0 Å². The van der Waals surface area contributed by atoms with Crippen molar-refractivity contribution < 1.29 is 18.9 Å². The molecule has 4 unspecified atom stereocenters. The molecule has 4 atom stereocenters. The van der Waals surface area contributed by atoms with E-state index >= 15 is 0 Å². The first-order valence-electron chi connectivity index (χ1n) is 11.4. The van der Waals surface area contributed by atoms with Gasteiger partial charge in [0.05, 0.1) is 11.6 Å². The Morgan fingerprint density at radius 2 is 2.12 bits per heavy atom. The number of amides is 2. The summed E-state index contributed by atoms with van der Waals surface area (Å²) in [6.45, 7) is 4.50. The van der Waals surface area contributed by atoms with Gasteiger partial charge in [-0.15, -0.1) is 4.58 Å². The van der Waals surface area contributed by atoms with E-state index < -0.39 is 0 Å². The number of benzene rings is 1. The number of carbonyl (C=O) groups is 2. The van der Waals surface area contributed by atoms with E-state index in [1.807, 2.05) is 42.5 Å². The molecule has 1 aromatic carbocycles. The van der Waals surface area contributed by atoms with Gasteiger partial charge in [0.1, 0.15) is 15.9 Å². The Bertz CT molecular complexity index is 1080. The Hall–Kier alpha value is -2.12. The number of thioether (sulfide) groups is 1. The fourth-order valence-electron chi connectivity index (χ4n) is 4.66. The standard InChI is InChI=1S/C26H29BrN2O3S/c1-16-7-6-8-20(17(16)2)28-25(30)15-29-21-9-4-5-10-23(21)33-24(26(29)31)14-18-11-12-22(32-3)19(27)13-18/h4-5,9-14,16-17,20,23H,6-8,15H2,1-3H3/p+1/b24-14+. The van der Waals surface area contributed by atoms with Crippen LogP contribution in [0.5, 0.6) is 5.75 Å². The molecule has 174 valence electrons. The summed E-state index contributed by atoms with van der Waals surface area (Å²) in [5, 5.41) is 3.21. The van der Waals surface area contributed by atoms with E-state index in [2.05, 4.69) is 41.2 Å². The molecule has 3 aliphatic rings. The van der Waals surface area contributed by atoms with Gasteiger partial charge in [-0.2, -0.15) is 0 Å². The van der Waals surface area contributed by atoms with E-state index in [1.54, 1.807) is 11.7 Å². The predicted octanol–water partition coefficient (Wildman–Crippen LogP) is 4.96. The lowest BCUT2D eigenvalue weighted by Crippen LogP contribution is -2.48. The zero-order chi connectivity index (χ0) is 23.5.